The fourth-order valence-electron chi connectivity index (χ4n) is 3.25. The Balaban J connectivity index is 1.60. The van der Waals surface area contributed by atoms with Gasteiger partial charge in [-0.25, -0.2) is 4.98 Å². The molecule has 1 N–H and O–H groups in total. The number of thiophene rings is 1. The van der Waals surface area contributed by atoms with Crippen LogP contribution >= 0.6 is 11.3 Å². The van der Waals surface area contributed by atoms with Gasteiger partial charge in [-0.05, 0) is 24.6 Å². The van der Waals surface area contributed by atoms with Gasteiger partial charge in [-0.1, -0.05) is 29.8 Å². The Morgan fingerprint density at radius 3 is 2.61 bits per heavy atom. The predicted octanol–water partition coefficient (Wildman–Crippen LogP) is 4.09. The second kappa shape index (κ2) is 8.61. The van der Waals surface area contributed by atoms with Crippen LogP contribution in [0.3, 0.4) is 0 Å². The van der Waals surface area contributed by atoms with E-state index in [1.54, 1.807) is 25.3 Å². The van der Waals surface area contributed by atoms with Crippen LogP contribution in [0.2, 0.25) is 0 Å². The van der Waals surface area contributed by atoms with Crippen molar-refractivity contribution >= 4 is 33.1 Å². The van der Waals surface area contributed by atoms with Crippen LogP contribution in [-0.2, 0) is 11.3 Å². The molecule has 2 aromatic heterocycles. The SMILES string of the molecule is COc1ccc(OC)c(NC(=O)Cn2cnc3c(-c4ccc(C)cc4)csc3c2=O)c1. The molecule has 7 nitrogen and oxygen atoms in total. The number of rotatable bonds is 6. The quantitative estimate of drug-likeness (QED) is 0.493. The highest BCUT2D eigenvalue weighted by Gasteiger charge is 2.15. The van der Waals surface area contributed by atoms with Crippen LogP contribution in [0.5, 0.6) is 11.5 Å². The predicted molar refractivity (Wildman–Crippen MR) is 122 cm³/mol. The summed E-state index contributed by atoms with van der Waals surface area (Å²) >= 11 is 1.33. The Kier molecular flexibility index (Phi) is 5.73. The number of nitrogens with one attached hydrogen (secondary N) is 1. The van der Waals surface area contributed by atoms with Crippen molar-refractivity contribution in [2.45, 2.75) is 13.5 Å². The molecule has 2 aromatic carbocycles. The number of aryl methyl sites for hydroxylation is 1. The lowest BCUT2D eigenvalue weighted by molar-refractivity contribution is -0.116. The van der Waals surface area contributed by atoms with Crippen molar-refractivity contribution in [3.8, 4) is 22.6 Å². The van der Waals surface area contributed by atoms with Gasteiger partial charge in [0.2, 0.25) is 5.91 Å². The zero-order chi connectivity index (χ0) is 22.0. The van der Waals surface area contributed by atoms with Gasteiger partial charge in [0.1, 0.15) is 22.7 Å². The number of benzene rings is 2. The number of hydrogen-bond acceptors (Lipinski definition) is 6. The van der Waals surface area contributed by atoms with Crippen molar-refractivity contribution in [2.75, 3.05) is 19.5 Å². The number of carbonyl (C=O) groups excluding carboxylic acids is 1. The van der Waals surface area contributed by atoms with E-state index >= 15 is 0 Å². The molecule has 31 heavy (non-hydrogen) atoms. The highest BCUT2D eigenvalue weighted by atomic mass is 32.1. The Morgan fingerprint density at radius 2 is 1.90 bits per heavy atom. The average molecular weight is 436 g/mol. The summed E-state index contributed by atoms with van der Waals surface area (Å²) in [4.78, 5) is 30.0. The number of fused-ring (bicyclic) bond motifs is 1. The molecule has 0 aliphatic carbocycles. The number of nitrogens with zero attached hydrogens (tertiary/aromatic N) is 2. The van der Waals surface area contributed by atoms with Gasteiger partial charge < -0.3 is 14.8 Å². The van der Waals surface area contributed by atoms with E-state index in [4.69, 9.17) is 9.47 Å². The van der Waals surface area contributed by atoms with Crippen molar-refractivity contribution in [3.63, 3.8) is 0 Å². The Bertz CT molecular complexity index is 1310. The van der Waals surface area contributed by atoms with Crippen LogP contribution in [0.1, 0.15) is 5.56 Å². The number of ether oxygens (including phenoxy) is 2. The third-order valence-corrected chi connectivity index (χ3v) is 5.86. The minimum Gasteiger partial charge on any atom is -0.497 e. The van der Waals surface area contributed by atoms with Gasteiger partial charge in [-0.3, -0.25) is 14.2 Å². The smallest absolute Gasteiger partial charge is 0.271 e. The minimum absolute atomic E-state index is 0.167. The number of methoxy groups -OCH3 is 2. The molecule has 8 heteroatoms. The average Bonchev–Trinajstić information content (AvgIpc) is 3.21. The molecule has 0 aliphatic rings. The van der Waals surface area contributed by atoms with Gasteiger partial charge in [0.15, 0.2) is 0 Å². The van der Waals surface area contributed by atoms with E-state index in [0.717, 1.165) is 16.7 Å². The van der Waals surface area contributed by atoms with Crippen LogP contribution in [0, 0.1) is 6.92 Å². The fraction of sp³-hybridized carbons (Fsp3) is 0.174. The largest absolute Gasteiger partial charge is 0.497 e. The molecule has 0 fully saturated rings. The number of amides is 1. The standard InChI is InChI=1S/C23H21N3O4S/c1-14-4-6-15(7-5-14)17-12-31-22-21(17)24-13-26(23(22)28)11-20(27)25-18-10-16(29-2)8-9-19(18)30-3/h4-10,12-13H,11H2,1-3H3,(H,25,27). The first-order chi connectivity index (χ1) is 15.0. The lowest BCUT2D eigenvalue weighted by Crippen LogP contribution is -2.27. The molecule has 0 atom stereocenters. The molecule has 0 unspecified atom stereocenters. The molecular formula is C23H21N3O4S. The first-order valence-electron chi connectivity index (χ1n) is 9.55. The normalized spacial score (nSPS) is 10.8. The molecule has 4 aromatic rings. The topological polar surface area (TPSA) is 82.4 Å². The molecule has 0 saturated carbocycles. The van der Waals surface area contributed by atoms with Crippen molar-refractivity contribution in [1.82, 2.24) is 9.55 Å². The maximum absolute atomic E-state index is 12.9. The number of hydrogen-bond donors (Lipinski definition) is 1. The summed E-state index contributed by atoms with van der Waals surface area (Å²) in [5, 5.41) is 4.69. The number of anilines is 1. The number of carbonyl (C=O) groups is 1. The molecule has 1 amide bonds. The Morgan fingerprint density at radius 1 is 1.13 bits per heavy atom. The van der Waals surface area contributed by atoms with E-state index in [1.807, 2.05) is 36.6 Å². The third kappa shape index (κ3) is 4.15. The molecule has 158 valence electrons. The summed E-state index contributed by atoms with van der Waals surface area (Å²) in [7, 11) is 3.06. The van der Waals surface area contributed by atoms with Crippen LogP contribution in [0.15, 0.2) is 59.0 Å². The highest BCUT2D eigenvalue weighted by molar-refractivity contribution is 7.17. The van der Waals surface area contributed by atoms with E-state index in [-0.39, 0.29) is 18.0 Å². The van der Waals surface area contributed by atoms with Gasteiger partial charge in [0.25, 0.3) is 5.56 Å². The molecule has 4 rings (SSSR count). The fourth-order valence-corrected chi connectivity index (χ4v) is 4.22. The summed E-state index contributed by atoms with van der Waals surface area (Å²) in [6.07, 6.45) is 1.41. The summed E-state index contributed by atoms with van der Waals surface area (Å²) < 4.78 is 12.3. The summed E-state index contributed by atoms with van der Waals surface area (Å²) in [6, 6.07) is 13.2. The second-order valence-electron chi connectivity index (χ2n) is 6.99. The van der Waals surface area contributed by atoms with Gasteiger partial charge in [-0.2, -0.15) is 0 Å². The van der Waals surface area contributed by atoms with Gasteiger partial charge in [0.05, 0.1) is 31.8 Å². The molecule has 0 saturated heterocycles. The van der Waals surface area contributed by atoms with Crippen molar-refractivity contribution < 1.29 is 14.3 Å². The van der Waals surface area contributed by atoms with Crippen LogP contribution in [0.25, 0.3) is 21.3 Å². The first-order valence-corrected chi connectivity index (χ1v) is 10.4. The van der Waals surface area contributed by atoms with Gasteiger partial charge >= 0.3 is 0 Å². The summed E-state index contributed by atoms with van der Waals surface area (Å²) in [6.45, 7) is 1.86. The highest BCUT2D eigenvalue weighted by Crippen LogP contribution is 2.31. The van der Waals surface area contributed by atoms with E-state index in [9.17, 15) is 9.59 Å². The van der Waals surface area contributed by atoms with E-state index in [1.165, 1.54) is 29.3 Å². The lowest BCUT2D eigenvalue weighted by atomic mass is 10.1. The zero-order valence-corrected chi connectivity index (χ0v) is 18.2. The number of aromatic nitrogens is 2. The summed E-state index contributed by atoms with van der Waals surface area (Å²) in [5.41, 5.74) is 3.94. The maximum Gasteiger partial charge on any atom is 0.271 e. The molecule has 0 spiro atoms. The Labute approximate surface area is 182 Å². The first kappa shape index (κ1) is 20.6. The molecular weight excluding hydrogens is 414 g/mol. The molecule has 0 radical (unpaired) electrons. The summed E-state index contributed by atoms with van der Waals surface area (Å²) in [5.74, 6) is 0.708. The van der Waals surface area contributed by atoms with Crippen LogP contribution in [0.4, 0.5) is 5.69 Å². The van der Waals surface area contributed by atoms with Crippen molar-refractivity contribution in [1.29, 1.82) is 0 Å². The van der Waals surface area contributed by atoms with Gasteiger partial charge in [0, 0.05) is 17.0 Å². The van der Waals surface area contributed by atoms with Crippen LogP contribution < -0.4 is 20.3 Å². The zero-order valence-electron chi connectivity index (χ0n) is 17.3. The second-order valence-corrected chi connectivity index (χ2v) is 7.86. The van der Waals surface area contributed by atoms with Crippen LogP contribution in [-0.4, -0.2) is 29.7 Å². The minimum atomic E-state index is -0.370. The Hall–Kier alpha value is -3.65. The molecule has 0 bridgehead atoms. The third-order valence-electron chi connectivity index (χ3n) is 4.90. The van der Waals surface area contributed by atoms with E-state index in [2.05, 4.69) is 10.3 Å². The van der Waals surface area contributed by atoms with Crippen molar-refractivity contribution in [3.05, 3.63) is 70.1 Å². The van der Waals surface area contributed by atoms with Gasteiger partial charge in [-0.15, -0.1) is 11.3 Å². The molecule has 2 heterocycles. The monoisotopic (exact) mass is 435 g/mol. The lowest BCUT2D eigenvalue weighted by Gasteiger charge is -2.12. The maximum atomic E-state index is 12.9. The van der Waals surface area contributed by atoms with E-state index in [0.29, 0.717) is 27.4 Å². The van der Waals surface area contributed by atoms with Crippen molar-refractivity contribution in [2.24, 2.45) is 0 Å². The van der Waals surface area contributed by atoms with E-state index < -0.39 is 0 Å². The molecule has 0 aliphatic heterocycles.